The second kappa shape index (κ2) is 6.56. The summed E-state index contributed by atoms with van der Waals surface area (Å²) < 4.78 is 0. The van der Waals surface area contributed by atoms with Gasteiger partial charge in [0.25, 0.3) is 0 Å². The predicted molar refractivity (Wildman–Crippen MR) is 89.6 cm³/mol. The van der Waals surface area contributed by atoms with Gasteiger partial charge >= 0.3 is 6.03 Å². The van der Waals surface area contributed by atoms with E-state index in [0.717, 1.165) is 5.56 Å². The van der Waals surface area contributed by atoms with Crippen LogP contribution in [0, 0.1) is 0 Å². The molecule has 1 fully saturated rings. The van der Waals surface area contributed by atoms with Gasteiger partial charge in [-0.2, -0.15) is 0 Å². The lowest BCUT2D eigenvalue weighted by molar-refractivity contribution is 0.0534. The first-order chi connectivity index (χ1) is 11.0. The van der Waals surface area contributed by atoms with Crippen molar-refractivity contribution in [1.29, 1.82) is 0 Å². The van der Waals surface area contributed by atoms with Crippen LogP contribution in [0.5, 0.6) is 0 Å². The number of amides is 2. The van der Waals surface area contributed by atoms with E-state index in [9.17, 15) is 9.90 Å². The van der Waals surface area contributed by atoms with Gasteiger partial charge in [0.05, 0.1) is 12.1 Å². The van der Waals surface area contributed by atoms with Crippen molar-refractivity contribution < 1.29 is 9.90 Å². The van der Waals surface area contributed by atoms with E-state index in [-0.39, 0.29) is 12.6 Å². The van der Waals surface area contributed by atoms with Gasteiger partial charge in [0.1, 0.15) is 5.82 Å². The van der Waals surface area contributed by atoms with Crippen LogP contribution in [0.2, 0.25) is 5.02 Å². The van der Waals surface area contributed by atoms with Gasteiger partial charge < -0.3 is 10.0 Å². The zero-order chi connectivity index (χ0) is 16.3. The Morgan fingerprint density at radius 3 is 2.96 bits per heavy atom. The Bertz CT molecular complexity index is 695. The van der Waals surface area contributed by atoms with Crippen LogP contribution in [0.25, 0.3) is 0 Å². The Labute approximate surface area is 139 Å². The molecule has 2 heterocycles. The molecule has 0 radical (unpaired) electrons. The summed E-state index contributed by atoms with van der Waals surface area (Å²) in [4.78, 5) is 17.9. The van der Waals surface area contributed by atoms with Gasteiger partial charge in [0.15, 0.2) is 0 Å². The molecular weight excluding hydrogens is 314 g/mol. The Morgan fingerprint density at radius 2 is 2.22 bits per heavy atom. The molecule has 2 amide bonds. The summed E-state index contributed by atoms with van der Waals surface area (Å²) >= 11 is 5.98. The quantitative estimate of drug-likeness (QED) is 0.908. The second-order valence-corrected chi connectivity index (χ2v) is 6.28. The average Bonchev–Trinajstić information content (AvgIpc) is 2.90. The number of nitrogens with zero attached hydrogens (tertiary/aromatic N) is 2. The molecule has 1 atom stereocenters. The molecule has 1 saturated heterocycles. The Morgan fingerprint density at radius 1 is 1.35 bits per heavy atom. The summed E-state index contributed by atoms with van der Waals surface area (Å²) in [6.45, 7) is 0.800. The fourth-order valence-electron chi connectivity index (χ4n) is 2.83. The van der Waals surface area contributed by atoms with Gasteiger partial charge in [-0.05, 0) is 36.2 Å². The molecule has 1 aliphatic rings. The van der Waals surface area contributed by atoms with Crippen LogP contribution >= 0.6 is 11.6 Å². The minimum Gasteiger partial charge on any atom is -0.388 e. The molecule has 0 unspecified atom stereocenters. The largest absolute Gasteiger partial charge is 0.388 e. The van der Waals surface area contributed by atoms with Crippen LogP contribution in [0.4, 0.5) is 10.6 Å². The summed E-state index contributed by atoms with van der Waals surface area (Å²) in [7, 11) is 0. The monoisotopic (exact) mass is 331 g/mol. The molecule has 2 aromatic rings. The summed E-state index contributed by atoms with van der Waals surface area (Å²) in [6, 6.07) is 12.5. The summed E-state index contributed by atoms with van der Waals surface area (Å²) in [5, 5.41) is 14.1. The van der Waals surface area contributed by atoms with E-state index in [1.54, 1.807) is 29.3 Å². The van der Waals surface area contributed by atoms with E-state index in [4.69, 9.17) is 11.6 Å². The topological polar surface area (TPSA) is 65.5 Å². The van der Waals surface area contributed by atoms with E-state index < -0.39 is 5.60 Å². The maximum atomic E-state index is 12.3. The normalized spacial score (nSPS) is 20.5. The number of rotatable bonds is 3. The number of urea groups is 1. The van der Waals surface area contributed by atoms with Crippen molar-refractivity contribution in [1.82, 2.24) is 9.88 Å². The van der Waals surface area contributed by atoms with Crippen molar-refractivity contribution in [2.45, 2.75) is 18.4 Å². The first-order valence-electron chi connectivity index (χ1n) is 7.48. The number of carbonyl (C=O) groups is 1. The number of nitrogens with one attached hydrogen (secondary N) is 1. The third-order valence-electron chi connectivity index (χ3n) is 3.94. The van der Waals surface area contributed by atoms with Gasteiger partial charge in [-0.3, -0.25) is 5.32 Å². The van der Waals surface area contributed by atoms with Gasteiger partial charge in [-0.25, -0.2) is 9.78 Å². The average molecular weight is 332 g/mol. The lowest BCUT2D eigenvalue weighted by atomic mass is 9.94. The zero-order valence-electron chi connectivity index (χ0n) is 12.6. The van der Waals surface area contributed by atoms with Crippen molar-refractivity contribution in [3.05, 3.63) is 59.2 Å². The van der Waals surface area contributed by atoms with Crippen LogP contribution in [-0.2, 0) is 6.42 Å². The highest BCUT2D eigenvalue weighted by molar-refractivity contribution is 6.30. The van der Waals surface area contributed by atoms with Crippen molar-refractivity contribution >= 4 is 23.4 Å². The maximum Gasteiger partial charge on any atom is 0.323 e. The van der Waals surface area contributed by atoms with Crippen molar-refractivity contribution in [3.8, 4) is 0 Å². The minimum absolute atomic E-state index is 0.245. The highest BCUT2D eigenvalue weighted by Gasteiger charge is 2.38. The first-order valence-corrected chi connectivity index (χ1v) is 7.86. The first kappa shape index (κ1) is 15.8. The Hall–Kier alpha value is -2.11. The fourth-order valence-corrected chi connectivity index (χ4v) is 3.04. The lowest BCUT2D eigenvalue weighted by Gasteiger charge is -2.23. The van der Waals surface area contributed by atoms with E-state index in [0.29, 0.717) is 30.2 Å². The third kappa shape index (κ3) is 4.00. The highest BCUT2D eigenvalue weighted by Crippen LogP contribution is 2.27. The molecule has 1 aromatic carbocycles. The maximum absolute atomic E-state index is 12.3. The van der Waals surface area contributed by atoms with Crippen molar-refractivity contribution in [3.63, 3.8) is 0 Å². The molecule has 3 rings (SSSR count). The molecule has 1 aliphatic heterocycles. The fraction of sp³-hybridized carbons (Fsp3) is 0.294. The summed E-state index contributed by atoms with van der Waals surface area (Å²) in [5.41, 5.74) is 0.0403. The molecule has 0 spiro atoms. The number of aliphatic hydroxyl groups is 1. The number of likely N-dealkylation sites (tertiary alicyclic amines) is 1. The van der Waals surface area contributed by atoms with Crippen LogP contribution in [0.3, 0.4) is 0 Å². The molecule has 0 bridgehead atoms. The van der Waals surface area contributed by atoms with Crippen LogP contribution < -0.4 is 5.32 Å². The SMILES string of the molecule is O=C(Nc1ccccn1)N1CC[C@@](O)(Cc2cccc(Cl)c2)C1. The molecule has 6 heteroatoms. The zero-order valence-corrected chi connectivity index (χ0v) is 13.3. The van der Waals surface area contributed by atoms with Crippen LogP contribution in [-0.4, -0.2) is 39.7 Å². The summed E-state index contributed by atoms with van der Waals surface area (Å²) in [5.74, 6) is 0.503. The van der Waals surface area contributed by atoms with Gasteiger partial charge in [0.2, 0.25) is 0 Å². The van der Waals surface area contributed by atoms with Gasteiger partial charge in [-0.15, -0.1) is 0 Å². The standard InChI is InChI=1S/C17H18ClN3O2/c18-14-5-3-4-13(10-14)11-17(23)7-9-21(12-17)16(22)20-15-6-1-2-8-19-15/h1-6,8,10,23H,7,9,11-12H2,(H,19,20,22)/t17-/m1/s1. The molecular formula is C17H18ClN3O2. The van der Waals surface area contributed by atoms with E-state index >= 15 is 0 Å². The highest BCUT2D eigenvalue weighted by atomic mass is 35.5. The number of anilines is 1. The van der Waals surface area contributed by atoms with Crippen LogP contribution in [0.1, 0.15) is 12.0 Å². The molecule has 120 valence electrons. The Kier molecular flexibility index (Phi) is 4.50. The predicted octanol–water partition coefficient (Wildman–Crippen LogP) is 2.95. The molecule has 2 N–H and O–H groups in total. The number of halogens is 1. The minimum atomic E-state index is -0.924. The van der Waals surface area contributed by atoms with Gasteiger partial charge in [-0.1, -0.05) is 29.8 Å². The lowest BCUT2D eigenvalue weighted by Crippen LogP contribution is -2.39. The Balaban J connectivity index is 1.62. The van der Waals surface area contributed by atoms with E-state index in [1.807, 2.05) is 24.3 Å². The molecule has 1 aromatic heterocycles. The number of β-amino-alcohol motifs (C(OH)–C–C–N with tert-alkyl or cyclic N) is 1. The number of aromatic nitrogens is 1. The molecule has 5 nitrogen and oxygen atoms in total. The molecule has 23 heavy (non-hydrogen) atoms. The van der Waals surface area contributed by atoms with E-state index in [2.05, 4.69) is 10.3 Å². The number of hydrogen-bond acceptors (Lipinski definition) is 3. The smallest absolute Gasteiger partial charge is 0.323 e. The molecule has 0 saturated carbocycles. The van der Waals surface area contributed by atoms with Crippen LogP contribution in [0.15, 0.2) is 48.7 Å². The van der Waals surface area contributed by atoms with Gasteiger partial charge in [0, 0.05) is 24.2 Å². The second-order valence-electron chi connectivity index (χ2n) is 5.85. The number of pyridine rings is 1. The van der Waals surface area contributed by atoms with Crippen molar-refractivity contribution in [2.24, 2.45) is 0 Å². The number of carbonyl (C=O) groups excluding carboxylic acids is 1. The third-order valence-corrected chi connectivity index (χ3v) is 4.18. The number of hydrogen-bond donors (Lipinski definition) is 2. The number of benzene rings is 1. The summed E-state index contributed by atoms with van der Waals surface area (Å²) in [6.07, 6.45) is 2.63. The van der Waals surface area contributed by atoms with E-state index in [1.165, 1.54) is 0 Å². The molecule has 0 aliphatic carbocycles. The van der Waals surface area contributed by atoms with Crippen molar-refractivity contribution in [2.75, 3.05) is 18.4 Å².